The summed E-state index contributed by atoms with van der Waals surface area (Å²) in [6, 6.07) is 0. The lowest BCUT2D eigenvalue weighted by Crippen LogP contribution is -2.45. The third kappa shape index (κ3) is 3.34. The van der Waals surface area contributed by atoms with Crippen LogP contribution < -0.4 is 5.32 Å². The van der Waals surface area contributed by atoms with E-state index in [9.17, 15) is 4.79 Å². The highest BCUT2D eigenvalue weighted by Gasteiger charge is 2.54. The molecule has 2 saturated carbocycles. The van der Waals surface area contributed by atoms with Crippen molar-refractivity contribution in [3.63, 3.8) is 0 Å². The molecule has 0 aromatic carbocycles. The molecule has 4 nitrogen and oxygen atoms in total. The molecule has 4 heteroatoms. The van der Waals surface area contributed by atoms with Gasteiger partial charge in [-0.05, 0) is 57.5 Å². The summed E-state index contributed by atoms with van der Waals surface area (Å²) >= 11 is 0. The predicted octanol–water partition coefficient (Wildman–Crippen LogP) is 2.45. The zero-order chi connectivity index (χ0) is 16.6. The number of nitrogens with one attached hydrogen (secondary N) is 1. The Hall–Kier alpha value is -0.870. The number of carbonyl (C=O) groups excluding carboxylic acids is 1. The van der Waals surface area contributed by atoms with Crippen molar-refractivity contribution in [3.05, 3.63) is 12.2 Å². The first-order chi connectivity index (χ1) is 10.9. The molecule has 0 unspecified atom stereocenters. The highest BCUT2D eigenvalue weighted by atomic mass is 16.6. The summed E-state index contributed by atoms with van der Waals surface area (Å²) in [6.45, 7) is 9.40. The Morgan fingerprint density at radius 2 is 2.22 bits per heavy atom. The van der Waals surface area contributed by atoms with Crippen LogP contribution in [0.1, 0.15) is 39.0 Å². The number of ether oxygens (including phenoxy) is 1. The van der Waals surface area contributed by atoms with Crippen LogP contribution in [0.2, 0.25) is 0 Å². The van der Waals surface area contributed by atoms with Gasteiger partial charge >= 0.3 is 5.97 Å². The van der Waals surface area contributed by atoms with Gasteiger partial charge in [0.25, 0.3) is 0 Å². The van der Waals surface area contributed by atoms with Crippen molar-refractivity contribution in [2.24, 2.45) is 23.2 Å². The molecule has 1 heterocycles. The van der Waals surface area contributed by atoms with Gasteiger partial charge in [0.2, 0.25) is 0 Å². The molecule has 23 heavy (non-hydrogen) atoms. The molecule has 0 spiro atoms. The number of esters is 1. The normalized spacial score (nSPS) is 40.0. The zero-order valence-corrected chi connectivity index (χ0v) is 14.9. The lowest BCUT2D eigenvalue weighted by molar-refractivity contribution is -0.146. The molecule has 3 aliphatic rings. The van der Waals surface area contributed by atoms with Crippen LogP contribution in [0, 0.1) is 23.2 Å². The summed E-state index contributed by atoms with van der Waals surface area (Å²) in [6.07, 6.45) is 5.91. The quantitative estimate of drug-likeness (QED) is 0.480. The number of hydrogen-bond acceptors (Lipinski definition) is 4. The van der Waals surface area contributed by atoms with Crippen molar-refractivity contribution >= 4 is 5.97 Å². The monoisotopic (exact) mass is 320 g/mol. The molecular formula is C19H32N2O2. The van der Waals surface area contributed by atoms with Gasteiger partial charge in [-0.15, -0.1) is 0 Å². The van der Waals surface area contributed by atoms with Crippen molar-refractivity contribution in [3.8, 4) is 0 Å². The largest absolute Gasteiger partial charge is 0.462 e. The number of fused-ring (bicyclic) bond motifs is 2. The Morgan fingerprint density at radius 1 is 1.43 bits per heavy atom. The van der Waals surface area contributed by atoms with Gasteiger partial charge in [0, 0.05) is 25.6 Å². The Labute approximate surface area is 140 Å². The Morgan fingerprint density at radius 3 is 2.96 bits per heavy atom. The molecule has 0 radical (unpaired) electrons. The van der Waals surface area contributed by atoms with E-state index >= 15 is 0 Å². The molecule has 0 amide bonds. The van der Waals surface area contributed by atoms with Crippen LogP contribution >= 0.6 is 0 Å². The lowest BCUT2D eigenvalue weighted by atomic mass is 9.55. The topological polar surface area (TPSA) is 41.6 Å². The highest BCUT2D eigenvalue weighted by molar-refractivity contribution is 5.75. The lowest BCUT2D eigenvalue weighted by Gasteiger charge is -2.50. The van der Waals surface area contributed by atoms with E-state index in [4.69, 9.17) is 4.74 Å². The average molecular weight is 320 g/mol. The first kappa shape index (κ1) is 17.0. The fourth-order valence-corrected chi connectivity index (χ4v) is 5.05. The fraction of sp³-hybridized carbons (Fsp3) is 0.842. The molecule has 2 aliphatic carbocycles. The van der Waals surface area contributed by atoms with Gasteiger partial charge < -0.3 is 15.0 Å². The van der Waals surface area contributed by atoms with Crippen LogP contribution in [0.4, 0.5) is 0 Å². The van der Waals surface area contributed by atoms with E-state index in [0.717, 1.165) is 38.9 Å². The maximum Gasteiger partial charge on any atom is 0.310 e. The zero-order valence-electron chi connectivity index (χ0n) is 14.9. The maximum absolute atomic E-state index is 12.4. The summed E-state index contributed by atoms with van der Waals surface area (Å²) in [5, 5.41) is 3.45. The van der Waals surface area contributed by atoms with Crippen LogP contribution in [0.25, 0.3) is 0 Å². The Kier molecular flexibility index (Phi) is 4.84. The molecule has 0 aromatic heterocycles. The van der Waals surface area contributed by atoms with E-state index < -0.39 is 0 Å². The van der Waals surface area contributed by atoms with Gasteiger partial charge in [-0.1, -0.05) is 19.1 Å². The van der Waals surface area contributed by atoms with Crippen LogP contribution in [-0.2, 0) is 9.53 Å². The van der Waals surface area contributed by atoms with Gasteiger partial charge in [0.1, 0.15) is 6.10 Å². The molecule has 3 rings (SSSR count). The number of allylic oxidation sites excluding steroid dienone is 1. The predicted molar refractivity (Wildman–Crippen MR) is 92.1 cm³/mol. The minimum atomic E-state index is 0.0187. The third-order valence-corrected chi connectivity index (χ3v) is 6.42. The van der Waals surface area contributed by atoms with Crippen LogP contribution in [0.5, 0.6) is 0 Å². The minimum Gasteiger partial charge on any atom is -0.462 e. The van der Waals surface area contributed by atoms with E-state index in [1.807, 2.05) is 0 Å². The number of carbonyl (C=O) groups is 1. The van der Waals surface area contributed by atoms with Gasteiger partial charge in [-0.2, -0.15) is 0 Å². The van der Waals surface area contributed by atoms with E-state index in [2.05, 4.69) is 37.8 Å². The second-order valence-electron chi connectivity index (χ2n) is 8.41. The van der Waals surface area contributed by atoms with E-state index in [1.165, 1.54) is 18.4 Å². The third-order valence-electron chi connectivity index (χ3n) is 6.42. The van der Waals surface area contributed by atoms with Crippen molar-refractivity contribution in [2.75, 3.05) is 33.7 Å². The molecule has 5 atom stereocenters. The number of nitrogens with zero attached hydrogens (tertiary/aromatic N) is 1. The van der Waals surface area contributed by atoms with E-state index in [0.29, 0.717) is 17.3 Å². The molecule has 0 aromatic rings. The van der Waals surface area contributed by atoms with Gasteiger partial charge in [0.15, 0.2) is 0 Å². The molecule has 1 saturated heterocycles. The van der Waals surface area contributed by atoms with E-state index in [-0.39, 0.29) is 18.0 Å². The van der Waals surface area contributed by atoms with Crippen molar-refractivity contribution in [1.29, 1.82) is 0 Å². The molecular weight excluding hydrogens is 288 g/mol. The van der Waals surface area contributed by atoms with Gasteiger partial charge in [-0.3, -0.25) is 4.79 Å². The second kappa shape index (κ2) is 6.56. The SMILES string of the molecule is C=C1CCC[C@]2(C)C[C@H]3OC(=O)[C@@H](CNCCN(C)C)[C@H]3C[C@H]12. The molecule has 130 valence electrons. The molecule has 1 N–H and O–H groups in total. The fourth-order valence-electron chi connectivity index (χ4n) is 5.05. The standard InChI is InChI=1S/C19H32N2O2/c1-13-6-5-7-19(2)11-17-14(10-16(13)19)15(18(22)23-17)12-20-8-9-21(3)4/h14-17,20H,1,5-12H2,2-4H3/t14-,15+,16-,17-,19-/m1/s1. The average Bonchev–Trinajstić information content (AvgIpc) is 2.76. The maximum atomic E-state index is 12.4. The summed E-state index contributed by atoms with van der Waals surface area (Å²) in [5.74, 6) is 1.00. The van der Waals surface area contributed by atoms with Crippen LogP contribution in [0.15, 0.2) is 12.2 Å². The number of hydrogen-bond donors (Lipinski definition) is 1. The first-order valence-corrected chi connectivity index (χ1v) is 9.14. The Bertz CT molecular complexity index is 476. The van der Waals surface area contributed by atoms with Crippen LogP contribution in [-0.4, -0.2) is 50.7 Å². The molecule has 1 aliphatic heterocycles. The number of rotatable bonds is 5. The summed E-state index contributed by atoms with van der Waals surface area (Å²) < 4.78 is 5.79. The van der Waals surface area contributed by atoms with E-state index in [1.54, 1.807) is 0 Å². The highest BCUT2D eigenvalue weighted by Crippen LogP contribution is 2.56. The van der Waals surface area contributed by atoms with Crippen molar-refractivity contribution in [2.45, 2.75) is 45.1 Å². The molecule has 3 fully saturated rings. The molecule has 0 bridgehead atoms. The summed E-state index contributed by atoms with van der Waals surface area (Å²) in [7, 11) is 4.14. The Balaban J connectivity index is 1.64. The number of likely N-dealkylation sites (N-methyl/N-ethyl adjacent to an activating group) is 1. The smallest absolute Gasteiger partial charge is 0.310 e. The minimum absolute atomic E-state index is 0.0187. The van der Waals surface area contributed by atoms with Crippen molar-refractivity contribution in [1.82, 2.24) is 10.2 Å². The second-order valence-corrected chi connectivity index (χ2v) is 8.41. The summed E-state index contributed by atoms with van der Waals surface area (Å²) in [5.41, 5.74) is 1.71. The van der Waals surface area contributed by atoms with Crippen LogP contribution in [0.3, 0.4) is 0 Å². The van der Waals surface area contributed by atoms with Crippen molar-refractivity contribution < 1.29 is 9.53 Å². The van der Waals surface area contributed by atoms with Gasteiger partial charge in [-0.25, -0.2) is 0 Å². The van der Waals surface area contributed by atoms with Gasteiger partial charge in [0.05, 0.1) is 5.92 Å². The summed E-state index contributed by atoms with van der Waals surface area (Å²) in [4.78, 5) is 14.5. The first-order valence-electron chi connectivity index (χ1n) is 9.14.